The molecule has 0 saturated carbocycles. The average Bonchev–Trinajstić information content (AvgIpc) is 3.17. The summed E-state index contributed by atoms with van der Waals surface area (Å²) in [5.74, 6) is 0.336. The Morgan fingerprint density at radius 2 is 2.03 bits per heavy atom. The molecule has 1 aromatic heterocycles. The van der Waals surface area contributed by atoms with Crippen molar-refractivity contribution in [1.29, 1.82) is 0 Å². The lowest BCUT2D eigenvalue weighted by Gasteiger charge is -2.24. The lowest BCUT2D eigenvalue weighted by atomic mass is 9.80. The number of hydrogen-bond acceptors (Lipinski definition) is 3. The molecule has 5 rings (SSSR count). The highest BCUT2D eigenvalue weighted by Crippen LogP contribution is 2.48. The summed E-state index contributed by atoms with van der Waals surface area (Å²) in [6, 6.07) is 13.8. The quantitative estimate of drug-likeness (QED) is 0.350. The summed E-state index contributed by atoms with van der Waals surface area (Å²) in [5, 5.41) is 1.76. The van der Waals surface area contributed by atoms with E-state index in [9.17, 15) is 4.79 Å². The fourth-order valence-electron chi connectivity index (χ4n) is 4.60. The molecule has 0 spiro atoms. The topological polar surface area (TPSA) is 55.7 Å². The first-order valence-electron chi connectivity index (χ1n) is 9.99. The largest absolute Gasteiger partial charge is 0.497 e. The van der Waals surface area contributed by atoms with E-state index in [4.69, 9.17) is 16.0 Å². The van der Waals surface area contributed by atoms with Crippen LogP contribution in [0.3, 0.4) is 0 Å². The molecule has 0 bridgehead atoms. The third-order valence-corrected chi connectivity index (χ3v) is 5.85. The van der Waals surface area contributed by atoms with Crippen molar-refractivity contribution < 1.29 is 14.3 Å². The predicted molar refractivity (Wildman–Crippen MR) is 117 cm³/mol. The number of aryl methyl sites for hydroxylation is 2. The van der Waals surface area contributed by atoms with Crippen LogP contribution in [0.25, 0.3) is 37.8 Å². The molecule has 4 aromatic rings. The van der Waals surface area contributed by atoms with E-state index in [0.717, 1.165) is 62.7 Å². The van der Waals surface area contributed by atoms with Gasteiger partial charge in [0.2, 0.25) is 5.69 Å². The zero-order chi connectivity index (χ0) is 20.8. The van der Waals surface area contributed by atoms with Gasteiger partial charge >= 0.3 is 5.97 Å². The van der Waals surface area contributed by atoms with E-state index in [1.165, 1.54) is 0 Å². The van der Waals surface area contributed by atoms with Crippen LogP contribution in [0.1, 0.15) is 28.4 Å². The summed E-state index contributed by atoms with van der Waals surface area (Å²) < 4.78 is 10.8. The number of hydrogen-bond donors (Lipinski definition) is 1. The fourth-order valence-corrected chi connectivity index (χ4v) is 4.60. The van der Waals surface area contributed by atoms with E-state index >= 15 is 0 Å². The number of para-hydroxylation sites is 1. The van der Waals surface area contributed by atoms with Gasteiger partial charge in [0.15, 0.2) is 0 Å². The van der Waals surface area contributed by atoms with Gasteiger partial charge in [-0.25, -0.2) is 9.64 Å². The standard InChI is InChI=1S/C25H20N2O3/c1-4-30-25(28)22-20-16-12-10-15(29-3)13-14(16)9-11-18(20)23-21(24(22)26-2)17-7-5-6-8-19(17)27-23/h5-8,10,12-13,27H,4,9,11H2,1,3H3. The zero-order valence-corrected chi connectivity index (χ0v) is 16.8. The minimum Gasteiger partial charge on any atom is -0.497 e. The van der Waals surface area contributed by atoms with Crippen LogP contribution in [0.4, 0.5) is 5.69 Å². The maximum Gasteiger partial charge on any atom is 0.328 e. The van der Waals surface area contributed by atoms with Crippen molar-refractivity contribution in [3.8, 4) is 16.9 Å². The van der Waals surface area contributed by atoms with Gasteiger partial charge in [0.05, 0.1) is 25.9 Å². The molecule has 0 atom stereocenters. The lowest BCUT2D eigenvalue weighted by Crippen LogP contribution is -2.13. The fraction of sp³-hybridized carbons (Fsp3) is 0.200. The Hall–Kier alpha value is -3.78. The molecule has 1 aliphatic carbocycles. The highest BCUT2D eigenvalue weighted by atomic mass is 16.5. The predicted octanol–water partition coefficient (Wildman–Crippen LogP) is 5.82. The van der Waals surface area contributed by atoms with Crippen molar-refractivity contribution >= 4 is 33.5 Å². The minimum atomic E-state index is -0.449. The minimum absolute atomic E-state index is 0.256. The molecule has 5 heteroatoms. The van der Waals surface area contributed by atoms with E-state index < -0.39 is 5.97 Å². The summed E-state index contributed by atoms with van der Waals surface area (Å²) in [5.41, 5.74) is 6.56. The first-order chi connectivity index (χ1) is 14.7. The van der Waals surface area contributed by atoms with Gasteiger partial charge < -0.3 is 14.5 Å². The highest BCUT2D eigenvalue weighted by molar-refractivity contribution is 6.22. The molecule has 0 fully saturated rings. The molecule has 30 heavy (non-hydrogen) atoms. The van der Waals surface area contributed by atoms with Crippen molar-refractivity contribution in [2.24, 2.45) is 0 Å². The molecule has 0 aliphatic heterocycles. The van der Waals surface area contributed by atoms with Crippen molar-refractivity contribution in [3.05, 3.63) is 70.6 Å². The third kappa shape index (κ3) is 2.50. The summed E-state index contributed by atoms with van der Waals surface area (Å²) in [7, 11) is 1.65. The molecule has 0 radical (unpaired) electrons. The SMILES string of the molecule is [C-]#[N+]c1c(C(=O)OCC)c2c(c3[nH]c4ccccc4c13)CCc1cc(OC)ccc1-2. The number of methoxy groups -OCH3 is 1. The van der Waals surface area contributed by atoms with Gasteiger partial charge in [-0.2, -0.15) is 0 Å². The van der Waals surface area contributed by atoms with Crippen molar-refractivity contribution in [2.45, 2.75) is 19.8 Å². The lowest BCUT2D eigenvalue weighted by molar-refractivity contribution is 0.0528. The number of fused-ring (bicyclic) bond motifs is 7. The Kier molecular flexibility index (Phi) is 4.22. The van der Waals surface area contributed by atoms with Crippen LogP contribution in [0.2, 0.25) is 0 Å². The van der Waals surface area contributed by atoms with Crippen LogP contribution in [0.15, 0.2) is 42.5 Å². The number of benzene rings is 3. The van der Waals surface area contributed by atoms with Crippen LogP contribution in [-0.2, 0) is 17.6 Å². The van der Waals surface area contributed by atoms with Crippen molar-refractivity contribution in [2.75, 3.05) is 13.7 Å². The molecule has 1 heterocycles. The summed E-state index contributed by atoms with van der Waals surface area (Å²) in [4.78, 5) is 20.5. The van der Waals surface area contributed by atoms with Crippen LogP contribution < -0.4 is 4.74 Å². The Morgan fingerprint density at radius 3 is 2.80 bits per heavy atom. The van der Waals surface area contributed by atoms with Crippen molar-refractivity contribution in [1.82, 2.24) is 4.98 Å². The van der Waals surface area contributed by atoms with Gasteiger partial charge in [0.25, 0.3) is 0 Å². The molecule has 3 aromatic carbocycles. The van der Waals surface area contributed by atoms with Crippen LogP contribution in [-0.4, -0.2) is 24.7 Å². The molecule has 5 nitrogen and oxygen atoms in total. The van der Waals surface area contributed by atoms with Crippen molar-refractivity contribution in [3.63, 3.8) is 0 Å². The van der Waals surface area contributed by atoms with Gasteiger partial charge in [0, 0.05) is 16.4 Å². The maximum absolute atomic E-state index is 13.1. The normalized spacial score (nSPS) is 12.3. The first kappa shape index (κ1) is 18.3. The second kappa shape index (κ2) is 6.93. The van der Waals surface area contributed by atoms with Gasteiger partial charge in [-0.15, -0.1) is 0 Å². The number of esters is 1. The van der Waals surface area contributed by atoms with Crippen LogP contribution in [0, 0.1) is 6.57 Å². The second-order valence-corrected chi connectivity index (χ2v) is 7.35. The molecule has 0 unspecified atom stereocenters. The number of carbonyl (C=O) groups is 1. The maximum atomic E-state index is 13.1. The van der Waals surface area contributed by atoms with Gasteiger partial charge in [0.1, 0.15) is 5.75 Å². The molecular weight excluding hydrogens is 376 g/mol. The Bertz CT molecular complexity index is 1380. The summed E-state index contributed by atoms with van der Waals surface area (Å²) >= 11 is 0. The number of nitrogens with one attached hydrogen (secondary N) is 1. The smallest absolute Gasteiger partial charge is 0.328 e. The number of rotatable bonds is 3. The number of H-pyrrole nitrogens is 1. The molecule has 1 N–H and O–H groups in total. The van der Waals surface area contributed by atoms with Gasteiger partial charge in [-0.05, 0) is 65.6 Å². The number of aromatic nitrogens is 1. The Balaban J connectivity index is 1.96. The van der Waals surface area contributed by atoms with E-state index in [0.29, 0.717) is 11.3 Å². The van der Waals surface area contributed by atoms with E-state index in [1.54, 1.807) is 14.0 Å². The third-order valence-electron chi connectivity index (χ3n) is 5.85. The molecular formula is C25H20N2O3. The average molecular weight is 396 g/mol. The second-order valence-electron chi connectivity index (χ2n) is 7.35. The number of aromatic amines is 1. The number of carbonyl (C=O) groups excluding carboxylic acids is 1. The highest BCUT2D eigenvalue weighted by Gasteiger charge is 2.31. The van der Waals surface area contributed by atoms with E-state index in [2.05, 4.69) is 9.83 Å². The monoisotopic (exact) mass is 396 g/mol. The molecule has 0 saturated heterocycles. The molecule has 0 amide bonds. The molecule has 148 valence electrons. The zero-order valence-electron chi connectivity index (χ0n) is 16.8. The van der Waals surface area contributed by atoms with Gasteiger partial charge in [-0.3, -0.25) is 0 Å². The van der Waals surface area contributed by atoms with Crippen LogP contribution in [0.5, 0.6) is 5.75 Å². The number of ether oxygens (including phenoxy) is 2. The summed E-state index contributed by atoms with van der Waals surface area (Å²) in [6.45, 7) is 9.99. The van der Waals surface area contributed by atoms with Crippen LogP contribution >= 0.6 is 0 Å². The Morgan fingerprint density at radius 1 is 1.20 bits per heavy atom. The number of nitrogens with zero attached hydrogens (tertiary/aromatic N) is 1. The molecule has 1 aliphatic rings. The first-order valence-corrected chi connectivity index (χ1v) is 9.99. The van der Waals surface area contributed by atoms with E-state index in [-0.39, 0.29) is 6.61 Å². The van der Waals surface area contributed by atoms with Gasteiger partial charge in [-0.1, -0.05) is 24.3 Å². The Labute approximate surface area is 174 Å². The van der Waals surface area contributed by atoms with E-state index in [1.807, 2.05) is 42.5 Å². The summed E-state index contributed by atoms with van der Waals surface area (Å²) in [6.07, 6.45) is 1.60.